The standard InChI is InChI=1S/C18H24FN3O2/c1-2-22-12-16(10-20-22)11-21-6-7-24-18(13-21,14-23)9-15-4-3-5-17(19)8-15/h3-5,8,10,12,23H,2,6-7,9,11,13-14H2,1H3/t18-/m1/s1. The van der Waals surface area contributed by atoms with E-state index < -0.39 is 5.60 Å². The Labute approximate surface area is 141 Å². The Balaban J connectivity index is 1.69. The molecule has 2 aromatic rings. The number of aryl methyl sites for hydroxylation is 1. The van der Waals surface area contributed by atoms with E-state index in [0.717, 1.165) is 30.8 Å². The molecule has 1 atom stereocenters. The largest absolute Gasteiger partial charge is 0.393 e. The fourth-order valence-electron chi connectivity index (χ4n) is 3.26. The molecule has 24 heavy (non-hydrogen) atoms. The maximum atomic E-state index is 13.4. The first-order valence-corrected chi connectivity index (χ1v) is 8.35. The zero-order valence-corrected chi connectivity index (χ0v) is 14.0. The van der Waals surface area contributed by atoms with Crippen LogP contribution in [-0.4, -0.2) is 51.7 Å². The lowest BCUT2D eigenvalue weighted by Gasteiger charge is -2.41. The van der Waals surface area contributed by atoms with Crippen LogP contribution in [0.1, 0.15) is 18.1 Å². The normalized spacial score (nSPS) is 22.0. The summed E-state index contributed by atoms with van der Waals surface area (Å²) >= 11 is 0. The van der Waals surface area contributed by atoms with Gasteiger partial charge in [0.1, 0.15) is 11.4 Å². The van der Waals surface area contributed by atoms with E-state index in [-0.39, 0.29) is 12.4 Å². The number of rotatable bonds is 6. The van der Waals surface area contributed by atoms with E-state index in [4.69, 9.17) is 4.74 Å². The van der Waals surface area contributed by atoms with Crippen LogP contribution in [0.25, 0.3) is 0 Å². The average Bonchev–Trinajstić information content (AvgIpc) is 3.03. The molecule has 0 saturated carbocycles. The number of ether oxygens (including phenoxy) is 1. The Kier molecular flexibility index (Phi) is 5.28. The molecule has 1 N–H and O–H groups in total. The van der Waals surface area contributed by atoms with Crippen LogP contribution >= 0.6 is 0 Å². The van der Waals surface area contributed by atoms with Crippen LogP contribution in [0.3, 0.4) is 0 Å². The Bertz CT molecular complexity index is 676. The predicted octanol–water partition coefficient (Wildman–Crippen LogP) is 1.85. The van der Waals surface area contributed by atoms with Crippen LogP contribution in [0.2, 0.25) is 0 Å². The van der Waals surface area contributed by atoms with E-state index in [1.165, 1.54) is 12.1 Å². The Morgan fingerprint density at radius 2 is 2.25 bits per heavy atom. The molecule has 5 nitrogen and oxygen atoms in total. The van der Waals surface area contributed by atoms with Gasteiger partial charge in [0.15, 0.2) is 0 Å². The number of aliphatic hydroxyl groups is 1. The Morgan fingerprint density at radius 1 is 1.38 bits per heavy atom. The molecular weight excluding hydrogens is 309 g/mol. The molecule has 0 aliphatic carbocycles. The molecular formula is C18H24FN3O2. The van der Waals surface area contributed by atoms with Crippen molar-refractivity contribution < 1.29 is 14.2 Å². The average molecular weight is 333 g/mol. The summed E-state index contributed by atoms with van der Waals surface area (Å²) < 4.78 is 21.2. The molecule has 6 heteroatoms. The number of morpholine rings is 1. The van der Waals surface area contributed by atoms with Crippen molar-refractivity contribution in [3.05, 3.63) is 53.6 Å². The van der Waals surface area contributed by atoms with Gasteiger partial charge >= 0.3 is 0 Å². The molecule has 1 fully saturated rings. The van der Waals surface area contributed by atoms with Crippen LogP contribution in [0.4, 0.5) is 4.39 Å². The second kappa shape index (κ2) is 7.42. The molecule has 2 heterocycles. The van der Waals surface area contributed by atoms with Gasteiger partial charge in [-0.1, -0.05) is 12.1 Å². The van der Waals surface area contributed by atoms with Crippen LogP contribution in [0.15, 0.2) is 36.7 Å². The summed E-state index contributed by atoms with van der Waals surface area (Å²) in [6.07, 6.45) is 4.42. The van der Waals surface area contributed by atoms with Crippen molar-refractivity contribution in [3.8, 4) is 0 Å². The predicted molar refractivity (Wildman–Crippen MR) is 89.1 cm³/mol. The van der Waals surface area contributed by atoms with Gasteiger partial charge in [0.2, 0.25) is 0 Å². The van der Waals surface area contributed by atoms with Crippen LogP contribution < -0.4 is 0 Å². The number of aromatic nitrogens is 2. The van der Waals surface area contributed by atoms with Crippen molar-refractivity contribution in [2.24, 2.45) is 0 Å². The minimum absolute atomic E-state index is 0.0891. The van der Waals surface area contributed by atoms with Crippen molar-refractivity contribution in [2.75, 3.05) is 26.3 Å². The maximum absolute atomic E-state index is 13.4. The SMILES string of the molecule is CCn1cc(CN2CCO[C@](CO)(Cc3cccc(F)c3)C2)cn1. The smallest absolute Gasteiger partial charge is 0.123 e. The van der Waals surface area contributed by atoms with E-state index >= 15 is 0 Å². The van der Waals surface area contributed by atoms with Crippen LogP contribution in [0, 0.1) is 5.82 Å². The molecule has 0 spiro atoms. The zero-order chi connectivity index (χ0) is 17.0. The van der Waals surface area contributed by atoms with E-state index in [0.29, 0.717) is 19.6 Å². The van der Waals surface area contributed by atoms with E-state index in [2.05, 4.69) is 16.9 Å². The third-order valence-electron chi connectivity index (χ3n) is 4.45. The monoisotopic (exact) mass is 333 g/mol. The summed E-state index contributed by atoms with van der Waals surface area (Å²) in [4.78, 5) is 2.26. The molecule has 1 aliphatic heterocycles. The molecule has 1 aliphatic rings. The topological polar surface area (TPSA) is 50.5 Å². The van der Waals surface area contributed by atoms with Gasteiger partial charge in [-0.3, -0.25) is 9.58 Å². The lowest BCUT2D eigenvalue weighted by molar-refractivity contribution is -0.134. The number of halogens is 1. The highest BCUT2D eigenvalue weighted by molar-refractivity contribution is 5.19. The number of hydrogen-bond donors (Lipinski definition) is 1. The third-order valence-corrected chi connectivity index (χ3v) is 4.45. The maximum Gasteiger partial charge on any atom is 0.123 e. The highest BCUT2D eigenvalue weighted by Gasteiger charge is 2.36. The van der Waals surface area contributed by atoms with Crippen LogP contribution in [0.5, 0.6) is 0 Å². The fourth-order valence-corrected chi connectivity index (χ4v) is 3.26. The molecule has 0 bridgehead atoms. The second-order valence-corrected chi connectivity index (χ2v) is 6.41. The van der Waals surface area contributed by atoms with E-state index in [1.54, 1.807) is 6.07 Å². The minimum Gasteiger partial charge on any atom is -0.393 e. The van der Waals surface area contributed by atoms with Crippen LogP contribution in [-0.2, 0) is 24.2 Å². The summed E-state index contributed by atoms with van der Waals surface area (Å²) in [5.41, 5.74) is 1.30. The molecule has 1 saturated heterocycles. The molecule has 0 amide bonds. The van der Waals surface area contributed by atoms with Crippen molar-refractivity contribution in [3.63, 3.8) is 0 Å². The van der Waals surface area contributed by atoms with Gasteiger partial charge < -0.3 is 9.84 Å². The number of hydrogen-bond acceptors (Lipinski definition) is 4. The molecule has 0 unspecified atom stereocenters. The highest BCUT2D eigenvalue weighted by Crippen LogP contribution is 2.24. The summed E-state index contributed by atoms with van der Waals surface area (Å²) in [6, 6.07) is 6.49. The first-order chi connectivity index (χ1) is 11.6. The van der Waals surface area contributed by atoms with Gasteiger partial charge in [-0.25, -0.2) is 4.39 Å². The summed E-state index contributed by atoms with van der Waals surface area (Å²) in [5.74, 6) is -0.264. The molecule has 0 radical (unpaired) electrons. The first-order valence-electron chi connectivity index (χ1n) is 8.35. The Hall–Kier alpha value is -1.76. The number of aliphatic hydroxyl groups excluding tert-OH is 1. The van der Waals surface area contributed by atoms with E-state index in [1.807, 2.05) is 23.1 Å². The van der Waals surface area contributed by atoms with Gasteiger partial charge in [0.05, 0.1) is 19.4 Å². The first kappa shape index (κ1) is 17.1. The van der Waals surface area contributed by atoms with Crippen molar-refractivity contribution in [2.45, 2.75) is 32.0 Å². The molecule has 1 aromatic heterocycles. The third kappa shape index (κ3) is 4.01. The fraction of sp³-hybridized carbons (Fsp3) is 0.500. The Morgan fingerprint density at radius 3 is 2.96 bits per heavy atom. The zero-order valence-electron chi connectivity index (χ0n) is 14.0. The summed E-state index contributed by atoms with van der Waals surface area (Å²) in [6.45, 7) is 5.56. The molecule has 130 valence electrons. The second-order valence-electron chi connectivity index (χ2n) is 6.41. The van der Waals surface area contributed by atoms with Crippen molar-refractivity contribution in [1.82, 2.24) is 14.7 Å². The van der Waals surface area contributed by atoms with Crippen molar-refractivity contribution >= 4 is 0 Å². The summed E-state index contributed by atoms with van der Waals surface area (Å²) in [5, 5.41) is 14.2. The number of benzene rings is 1. The quantitative estimate of drug-likeness (QED) is 0.876. The lowest BCUT2D eigenvalue weighted by atomic mass is 9.93. The molecule has 3 rings (SSSR count). The van der Waals surface area contributed by atoms with Gasteiger partial charge in [0.25, 0.3) is 0 Å². The van der Waals surface area contributed by atoms with Gasteiger partial charge in [0, 0.05) is 44.4 Å². The van der Waals surface area contributed by atoms with Gasteiger partial charge in [-0.05, 0) is 24.6 Å². The highest BCUT2D eigenvalue weighted by atomic mass is 19.1. The van der Waals surface area contributed by atoms with E-state index in [9.17, 15) is 9.50 Å². The number of nitrogens with zero attached hydrogens (tertiary/aromatic N) is 3. The van der Waals surface area contributed by atoms with Gasteiger partial charge in [-0.2, -0.15) is 5.10 Å². The van der Waals surface area contributed by atoms with Crippen molar-refractivity contribution in [1.29, 1.82) is 0 Å². The lowest BCUT2D eigenvalue weighted by Crippen LogP contribution is -2.55. The summed E-state index contributed by atoms with van der Waals surface area (Å²) in [7, 11) is 0. The molecule has 1 aromatic carbocycles. The minimum atomic E-state index is -0.688. The van der Waals surface area contributed by atoms with Gasteiger partial charge in [-0.15, -0.1) is 0 Å².